The van der Waals surface area contributed by atoms with Crippen LogP contribution >= 0.6 is 15.9 Å². The first-order chi connectivity index (χ1) is 11.5. The lowest BCUT2D eigenvalue weighted by molar-refractivity contribution is -0.120. The van der Waals surface area contributed by atoms with E-state index in [4.69, 9.17) is 4.74 Å². The number of halogens is 1. The zero-order valence-corrected chi connectivity index (χ0v) is 15.5. The van der Waals surface area contributed by atoms with E-state index in [2.05, 4.69) is 26.6 Å². The van der Waals surface area contributed by atoms with E-state index in [9.17, 15) is 14.4 Å². The van der Waals surface area contributed by atoms with Crippen molar-refractivity contribution in [2.75, 3.05) is 18.5 Å². The molecule has 0 radical (unpaired) electrons. The van der Waals surface area contributed by atoms with Gasteiger partial charge in [0.15, 0.2) is 0 Å². The van der Waals surface area contributed by atoms with Crippen LogP contribution in [0.4, 0.5) is 5.69 Å². The average Bonchev–Trinajstić information content (AvgIpc) is 2.55. The van der Waals surface area contributed by atoms with Crippen LogP contribution in [-0.4, -0.2) is 35.8 Å². The Hall–Kier alpha value is -1.89. The van der Waals surface area contributed by atoms with Gasteiger partial charge in [-0.1, -0.05) is 35.3 Å². The van der Waals surface area contributed by atoms with Crippen molar-refractivity contribution in [2.24, 2.45) is 0 Å². The third-order valence-electron chi connectivity index (χ3n) is 3.14. The Balaban J connectivity index is 2.44. The molecule has 2 amide bonds. The van der Waals surface area contributed by atoms with E-state index in [1.165, 1.54) is 0 Å². The number of carbonyl (C=O) groups is 3. The van der Waals surface area contributed by atoms with Gasteiger partial charge < -0.3 is 15.4 Å². The number of alkyl halides is 1. The van der Waals surface area contributed by atoms with Gasteiger partial charge in [0.1, 0.15) is 0 Å². The molecule has 0 bridgehead atoms. The molecule has 0 saturated heterocycles. The van der Waals surface area contributed by atoms with Gasteiger partial charge >= 0.3 is 5.97 Å². The van der Waals surface area contributed by atoms with Gasteiger partial charge in [0.05, 0.1) is 17.0 Å². The molecule has 0 unspecified atom stereocenters. The maximum Gasteiger partial charge on any atom is 0.338 e. The highest BCUT2D eigenvalue weighted by molar-refractivity contribution is 9.10. The first kappa shape index (κ1) is 20.2. The second-order valence-corrected chi connectivity index (χ2v) is 6.25. The Bertz CT molecular complexity index is 577. The average molecular weight is 399 g/mol. The first-order valence-electron chi connectivity index (χ1n) is 7.96. The summed E-state index contributed by atoms with van der Waals surface area (Å²) in [5, 5.41) is 5.41. The van der Waals surface area contributed by atoms with Crippen LogP contribution in [0.15, 0.2) is 24.3 Å². The SMILES string of the molecule is CCC[C@H](Br)C(=O)NCCC(=O)Nc1cccc(C(=O)OCC)c1. The highest BCUT2D eigenvalue weighted by atomic mass is 79.9. The normalized spacial score (nSPS) is 11.5. The minimum atomic E-state index is -0.430. The van der Waals surface area contributed by atoms with Crippen molar-refractivity contribution >= 4 is 39.4 Å². The number of rotatable bonds is 9. The largest absolute Gasteiger partial charge is 0.462 e. The van der Waals surface area contributed by atoms with Crippen LogP contribution in [0.1, 0.15) is 43.5 Å². The minimum absolute atomic E-state index is 0.117. The molecule has 1 aromatic carbocycles. The number of hydrogen-bond donors (Lipinski definition) is 2. The number of hydrogen-bond acceptors (Lipinski definition) is 4. The number of carbonyl (C=O) groups excluding carboxylic acids is 3. The summed E-state index contributed by atoms with van der Waals surface area (Å²) in [5.74, 6) is -0.785. The van der Waals surface area contributed by atoms with E-state index in [-0.39, 0.29) is 29.6 Å². The fourth-order valence-corrected chi connectivity index (χ4v) is 2.58. The lowest BCUT2D eigenvalue weighted by Gasteiger charge is -2.10. The van der Waals surface area contributed by atoms with Crippen molar-refractivity contribution in [1.82, 2.24) is 5.32 Å². The molecule has 0 heterocycles. The molecule has 24 heavy (non-hydrogen) atoms. The molecule has 0 saturated carbocycles. The third kappa shape index (κ3) is 7.12. The van der Waals surface area contributed by atoms with Gasteiger partial charge in [-0.15, -0.1) is 0 Å². The number of anilines is 1. The van der Waals surface area contributed by atoms with Crippen LogP contribution in [0.5, 0.6) is 0 Å². The molecule has 0 aliphatic carbocycles. The molecule has 0 spiro atoms. The number of amides is 2. The van der Waals surface area contributed by atoms with Gasteiger partial charge in [0, 0.05) is 18.7 Å². The highest BCUT2D eigenvalue weighted by Gasteiger charge is 2.13. The predicted molar refractivity (Wildman–Crippen MR) is 96.3 cm³/mol. The first-order valence-corrected chi connectivity index (χ1v) is 8.88. The van der Waals surface area contributed by atoms with Crippen LogP contribution in [0, 0.1) is 0 Å². The van der Waals surface area contributed by atoms with Crippen molar-refractivity contribution in [3.63, 3.8) is 0 Å². The zero-order chi connectivity index (χ0) is 17.9. The van der Waals surface area contributed by atoms with E-state index in [1.54, 1.807) is 31.2 Å². The molecular formula is C17H23BrN2O4. The Morgan fingerprint density at radius 2 is 2.00 bits per heavy atom. The van der Waals surface area contributed by atoms with E-state index < -0.39 is 5.97 Å². The molecule has 6 nitrogen and oxygen atoms in total. The molecule has 132 valence electrons. The Labute approximate surface area is 150 Å². The van der Waals surface area contributed by atoms with Crippen molar-refractivity contribution in [3.8, 4) is 0 Å². The van der Waals surface area contributed by atoms with E-state index >= 15 is 0 Å². The van der Waals surface area contributed by atoms with Gasteiger partial charge in [-0.2, -0.15) is 0 Å². The highest BCUT2D eigenvalue weighted by Crippen LogP contribution is 2.12. The summed E-state index contributed by atoms with van der Waals surface area (Å²) >= 11 is 3.30. The summed E-state index contributed by atoms with van der Waals surface area (Å²) in [6.07, 6.45) is 1.81. The van der Waals surface area contributed by atoms with Crippen LogP contribution < -0.4 is 10.6 Å². The summed E-state index contributed by atoms with van der Waals surface area (Å²) in [6, 6.07) is 6.54. The van der Waals surface area contributed by atoms with E-state index in [0.29, 0.717) is 17.9 Å². The summed E-state index contributed by atoms with van der Waals surface area (Å²) in [5.41, 5.74) is 0.894. The summed E-state index contributed by atoms with van der Waals surface area (Å²) in [7, 11) is 0. The molecule has 1 aromatic rings. The second kappa shape index (κ2) is 10.8. The fourth-order valence-electron chi connectivity index (χ4n) is 1.96. The number of ether oxygens (including phenoxy) is 1. The molecule has 2 N–H and O–H groups in total. The van der Waals surface area contributed by atoms with Gasteiger partial charge in [-0.05, 0) is 31.5 Å². The maximum absolute atomic E-state index is 11.9. The standard InChI is InChI=1S/C17H23BrN2O4/c1-3-6-14(18)16(22)19-10-9-15(21)20-13-8-5-7-12(11-13)17(23)24-4-2/h5,7-8,11,14H,3-4,6,9-10H2,1-2H3,(H,19,22)(H,20,21)/t14-/m0/s1. The number of benzene rings is 1. The fraction of sp³-hybridized carbons (Fsp3) is 0.471. The van der Waals surface area contributed by atoms with E-state index in [0.717, 1.165) is 12.8 Å². The van der Waals surface area contributed by atoms with Crippen molar-refractivity contribution in [1.29, 1.82) is 0 Å². The molecule has 1 atom stereocenters. The Morgan fingerprint density at radius 1 is 1.25 bits per heavy atom. The predicted octanol–water partition coefficient (Wildman–Crippen LogP) is 2.87. The molecule has 0 aliphatic rings. The Kier molecular flexibility index (Phi) is 9.07. The molecule has 0 aliphatic heterocycles. The van der Waals surface area contributed by atoms with Crippen LogP contribution in [-0.2, 0) is 14.3 Å². The second-order valence-electron chi connectivity index (χ2n) is 5.15. The quantitative estimate of drug-likeness (QED) is 0.494. The summed E-state index contributed by atoms with van der Waals surface area (Å²) in [6.45, 7) is 4.28. The molecule has 0 aromatic heterocycles. The minimum Gasteiger partial charge on any atom is -0.462 e. The van der Waals surface area contributed by atoms with Gasteiger partial charge in [-0.25, -0.2) is 4.79 Å². The third-order valence-corrected chi connectivity index (χ3v) is 4.01. The van der Waals surface area contributed by atoms with Crippen LogP contribution in [0.3, 0.4) is 0 Å². The Morgan fingerprint density at radius 3 is 2.67 bits per heavy atom. The van der Waals surface area contributed by atoms with Crippen LogP contribution in [0.25, 0.3) is 0 Å². The lowest BCUT2D eigenvalue weighted by atomic mass is 10.2. The zero-order valence-electron chi connectivity index (χ0n) is 13.9. The molecule has 7 heteroatoms. The van der Waals surface area contributed by atoms with Gasteiger partial charge in [0.2, 0.25) is 11.8 Å². The van der Waals surface area contributed by atoms with Crippen LogP contribution in [0.2, 0.25) is 0 Å². The number of nitrogens with one attached hydrogen (secondary N) is 2. The summed E-state index contributed by atoms with van der Waals surface area (Å²) < 4.78 is 4.92. The van der Waals surface area contributed by atoms with Crippen molar-refractivity contribution < 1.29 is 19.1 Å². The van der Waals surface area contributed by atoms with E-state index in [1.807, 2.05) is 6.92 Å². The molecule has 1 rings (SSSR count). The maximum atomic E-state index is 11.9. The molecule has 0 fully saturated rings. The smallest absolute Gasteiger partial charge is 0.338 e. The van der Waals surface area contributed by atoms with Gasteiger partial charge in [-0.3, -0.25) is 9.59 Å². The van der Waals surface area contributed by atoms with Crippen molar-refractivity contribution in [2.45, 2.75) is 37.9 Å². The number of esters is 1. The van der Waals surface area contributed by atoms with Crippen molar-refractivity contribution in [3.05, 3.63) is 29.8 Å². The lowest BCUT2D eigenvalue weighted by Crippen LogP contribution is -2.33. The summed E-state index contributed by atoms with van der Waals surface area (Å²) in [4.78, 5) is 35.0. The monoisotopic (exact) mass is 398 g/mol. The molecular weight excluding hydrogens is 376 g/mol. The van der Waals surface area contributed by atoms with Gasteiger partial charge in [0.25, 0.3) is 0 Å². The topological polar surface area (TPSA) is 84.5 Å².